The smallest absolute Gasteiger partial charge is 0.270 e. The van der Waals surface area contributed by atoms with Crippen LogP contribution in [-0.4, -0.2) is 15.9 Å². The number of thiophene rings is 1. The first kappa shape index (κ1) is 14.1. The van der Waals surface area contributed by atoms with Crippen LogP contribution in [0.15, 0.2) is 34.2 Å². The summed E-state index contributed by atoms with van der Waals surface area (Å²) in [5.74, 6) is -0.227. The number of aromatic nitrogens is 1. The molecule has 0 aliphatic rings. The molecule has 0 bridgehead atoms. The van der Waals surface area contributed by atoms with E-state index in [1.807, 2.05) is 11.4 Å². The molecule has 2 heterocycles. The highest BCUT2D eigenvalue weighted by molar-refractivity contribution is 9.10. The molecule has 98 valence electrons. The topological polar surface area (TPSA) is 68.0 Å². The van der Waals surface area contributed by atoms with Crippen LogP contribution in [0.2, 0.25) is 0 Å². The van der Waals surface area contributed by atoms with Gasteiger partial charge in [-0.2, -0.15) is 0 Å². The van der Waals surface area contributed by atoms with E-state index >= 15 is 0 Å². The largest absolute Gasteiger partial charge is 0.389 e. The Balaban J connectivity index is 2.00. The summed E-state index contributed by atoms with van der Waals surface area (Å²) in [6.07, 6.45) is 1.50. The van der Waals surface area contributed by atoms with Crippen molar-refractivity contribution in [1.29, 1.82) is 0 Å². The third kappa shape index (κ3) is 3.59. The van der Waals surface area contributed by atoms with Crippen LogP contribution in [0, 0.1) is 0 Å². The van der Waals surface area contributed by atoms with Gasteiger partial charge in [0.05, 0.1) is 6.54 Å². The molecule has 2 aromatic rings. The lowest BCUT2D eigenvalue weighted by Gasteiger charge is -2.04. The highest BCUT2D eigenvalue weighted by Gasteiger charge is 2.09. The van der Waals surface area contributed by atoms with E-state index in [1.54, 1.807) is 23.5 Å². The number of carbonyl (C=O) groups is 1. The first-order valence-corrected chi connectivity index (χ1v) is 7.42. The van der Waals surface area contributed by atoms with Crippen molar-refractivity contribution in [3.8, 4) is 0 Å². The maximum Gasteiger partial charge on any atom is 0.270 e. The number of rotatable bonds is 4. The molecular weight excluding hydrogens is 346 g/mol. The predicted octanol–water partition coefficient (Wildman–Crippen LogP) is 2.47. The molecule has 1 amide bonds. The first-order chi connectivity index (χ1) is 9.08. The van der Waals surface area contributed by atoms with Crippen LogP contribution in [0.25, 0.3) is 0 Å². The molecule has 2 aromatic heterocycles. The van der Waals surface area contributed by atoms with Crippen LogP contribution < -0.4 is 11.1 Å². The van der Waals surface area contributed by atoms with E-state index in [0.717, 1.165) is 9.35 Å². The minimum atomic E-state index is -0.227. The average molecular weight is 356 g/mol. The van der Waals surface area contributed by atoms with Gasteiger partial charge in [-0.3, -0.25) is 9.78 Å². The first-order valence-electron chi connectivity index (χ1n) is 5.34. The maximum absolute atomic E-state index is 11.9. The Morgan fingerprint density at radius 3 is 2.79 bits per heavy atom. The van der Waals surface area contributed by atoms with Crippen LogP contribution in [0.1, 0.15) is 20.9 Å². The van der Waals surface area contributed by atoms with Gasteiger partial charge in [-0.15, -0.1) is 11.3 Å². The van der Waals surface area contributed by atoms with E-state index in [-0.39, 0.29) is 10.9 Å². The number of halogens is 1. The van der Waals surface area contributed by atoms with Crippen LogP contribution in [0.5, 0.6) is 0 Å². The monoisotopic (exact) mass is 355 g/mol. The van der Waals surface area contributed by atoms with Gasteiger partial charge in [0.1, 0.15) is 10.7 Å². The molecule has 4 nitrogen and oxygen atoms in total. The zero-order chi connectivity index (χ0) is 13.8. The van der Waals surface area contributed by atoms with Gasteiger partial charge < -0.3 is 11.1 Å². The second kappa shape index (κ2) is 6.23. The van der Waals surface area contributed by atoms with Crippen molar-refractivity contribution in [2.45, 2.75) is 6.54 Å². The molecule has 0 atom stereocenters. The number of hydrogen-bond acceptors (Lipinski definition) is 4. The van der Waals surface area contributed by atoms with E-state index in [9.17, 15) is 4.79 Å². The second-order valence-electron chi connectivity index (χ2n) is 3.67. The Hall–Kier alpha value is -1.31. The van der Waals surface area contributed by atoms with Gasteiger partial charge in [0, 0.05) is 21.1 Å². The van der Waals surface area contributed by atoms with E-state index in [4.69, 9.17) is 18.0 Å². The minimum Gasteiger partial charge on any atom is -0.389 e. The highest BCUT2D eigenvalue weighted by atomic mass is 79.9. The number of nitrogens with zero attached hydrogens (tertiary/aromatic N) is 1. The van der Waals surface area contributed by atoms with Crippen molar-refractivity contribution in [3.63, 3.8) is 0 Å². The summed E-state index contributed by atoms with van der Waals surface area (Å²) < 4.78 is 0.995. The SMILES string of the molecule is NC(=S)c1ccc(C(=O)NCc2sccc2Br)nc1. The fourth-order valence-corrected chi connectivity index (χ4v) is 2.93. The summed E-state index contributed by atoms with van der Waals surface area (Å²) in [6.45, 7) is 0.468. The minimum absolute atomic E-state index is 0.227. The lowest BCUT2D eigenvalue weighted by atomic mass is 10.2. The van der Waals surface area contributed by atoms with Crippen molar-refractivity contribution >= 4 is 50.4 Å². The van der Waals surface area contributed by atoms with Gasteiger partial charge >= 0.3 is 0 Å². The number of nitrogens with one attached hydrogen (secondary N) is 1. The van der Waals surface area contributed by atoms with Gasteiger partial charge in [0.2, 0.25) is 0 Å². The molecule has 0 radical (unpaired) electrons. The summed E-state index contributed by atoms with van der Waals surface area (Å²) in [5, 5.41) is 4.76. The van der Waals surface area contributed by atoms with Gasteiger partial charge in [-0.1, -0.05) is 12.2 Å². The lowest BCUT2D eigenvalue weighted by molar-refractivity contribution is 0.0946. The Labute approximate surface area is 128 Å². The number of thiocarbonyl (C=S) groups is 1. The highest BCUT2D eigenvalue weighted by Crippen LogP contribution is 2.22. The van der Waals surface area contributed by atoms with Crippen LogP contribution >= 0.6 is 39.5 Å². The molecule has 0 saturated heterocycles. The van der Waals surface area contributed by atoms with E-state index < -0.39 is 0 Å². The fraction of sp³-hybridized carbons (Fsp3) is 0.0833. The normalized spacial score (nSPS) is 10.2. The van der Waals surface area contributed by atoms with Crippen LogP contribution in [0.4, 0.5) is 0 Å². The molecule has 0 aliphatic heterocycles. The Morgan fingerprint density at radius 1 is 1.47 bits per heavy atom. The molecule has 19 heavy (non-hydrogen) atoms. The molecule has 0 saturated carbocycles. The molecule has 0 spiro atoms. The number of carbonyl (C=O) groups excluding carboxylic acids is 1. The van der Waals surface area contributed by atoms with Gasteiger partial charge in [-0.05, 0) is 39.5 Å². The zero-order valence-electron chi connectivity index (χ0n) is 9.72. The number of amides is 1. The standard InChI is InChI=1S/C12H10BrN3OS2/c13-8-3-4-19-10(8)6-16-12(17)9-2-1-7(5-15-9)11(14)18/h1-5H,6H2,(H2,14,18)(H,16,17). The number of pyridine rings is 1. The summed E-state index contributed by atoms with van der Waals surface area (Å²) >= 11 is 9.81. The quantitative estimate of drug-likeness (QED) is 0.826. The van der Waals surface area contributed by atoms with Crippen molar-refractivity contribution in [2.24, 2.45) is 5.73 Å². The maximum atomic E-state index is 11.9. The van der Waals surface area contributed by atoms with Crippen molar-refractivity contribution in [2.75, 3.05) is 0 Å². The molecule has 3 N–H and O–H groups in total. The van der Waals surface area contributed by atoms with Crippen LogP contribution in [0.3, 0.4) is 0 Å². The third-order valence-corrected chi connectivity index (χ3v) is 4.54. The number of hydrogen-bond donors (Lipinski definition) is 2. The van der Waals surface area contributed by atoms with E-state index in [2.05, 4.69) is 26.2 Å². The van der Waals surface area contributed by atoms with Crippen LogP contribution in [-0.2, 0) is 6.54 Å². The van der Waals surface area contributed by atoms with Crippen molar-refractivity contribution < 1.29 is 4.79 Å². The molecule has 0 unspecified atom stereocenters. The summed E-state index contributed by atoms with van der Waals surface area (Å²) in [6, 6.07) is 5.24. The molecule has 0 aromatic carbocycles. The van der Waals surface area contributed by atoms with Crippen molar-refractivity contribution in [1.82, 2.24) is 10.3 Å². The Morgan fingerprint density at radius 2 is 2.26 bits per heavy atom. The molecule has 0 aliphatic carbocycles. The molecule has 0 fully saturated rings. The van der Waals surface area contributed by atoms with Gasteiger partial charge in [0.15, 0.2) is 0 Å². The van der Waals surface area contributed by atoms with E-state index in [1.165, 1.54) is 6.20 Å². The molecular formula is C12H10BrN3OS2. The lowest BCUT2D eigenvalue weighted by Crippen LogP contribution is -2.23. The van der Waals surface area contributed by atoms with Crippen molar-refractivity contribution in [3.05, 3.63) is 50.4 Å². The van der Waals surface area contributed by atoms with E-state index in [0.29, 0.717) is 17.8 Å². The summed E-state index contributed by atoms with van der Waals surface area (Å²) in [7, 11) is 0. The van der Waals surface area contributed by atoms with Gasteiger partial charge in [-0.25, -0.2) is 0 Å². The summed E-state index contributed by atoms with van der Waals surface area (Å²) in [4.78, 5) is 17.2. The Kier molecular flexibility index (Phi) is 4.62. The summed E-state index contributed by atoms with van der Waals surface area (Å²) in [5.41, 5.74) is 6.45. The molecule has 7 heteroatoms. The predicted molar refractivity (Wildman–Crippen MR) is 83.3 cm³/mol. The van der Waals surface area contributed by atoms with Gasteiger partial charge in [0.25, 0.3) is 5.91 Å². The molecule has 2 rings (SSSR count). The zero-order valence-corrected chi connectivity index (χ0v) is 12.9. The Bertz CT molecular complexity index is 610. The third-order valence-electron chi connectivity index (χ3n) is 2.38. The number of nitrogens with two attached hydrogens (primary N) is 1. The second-order valence-corrected chi connectivity index (χ2v) is 5.97. The average Bonchev–Trinajstić information content (AvgIpc) is 2.81. The fourth-order valence-electron chi connectivity index (χ4n) is 1.38.